The fraction of sp³-hybridized carbons (Fsp3) is 0.273. The van der Waals surface area contributed by atoms with Gasteiger partial charge in [-0.1, -0.05) is 35.9 Å². The van der Waals surface area contributed by atoms with Crippen LogP contribution in [0.4, 0.5) is 8.78 Å². The van der Waals surface area contributed by atoms with Crippen LogP contribution in [0.3, 0.4) is 0 Å². The molecule has 1 unspecified atom stereocenters. The van der Waals surface area contributed by atoms with E-state index in [1.807, 2.05) is 0 Å². The molecule has 190 valence electrons. The van der Waals surface area contributed by atoms with Gasteiger partial charge in [0.25, 0.3) is 11.8 Å². The van der Waals surface area contributed by atoms with Gasteiger partial charge in [0.15, 0.2) is 0 Å². The predicted octanol–water partition coefficient (Wildman–Crippen LogP) is -3.10. The number of fused-ring (bicyclic) bond motifs is 1. The first kappa shape index (κ1) is 28.1. The molecule has 2 atom stereocenters. The van der Waals surface area contributed by atoms with Crippen molar-refractivity contribution in [1.29, 1.82) is 0 Å². The molecule has 1 fully saturated rings. The minimum atomic E-state index is -3.78. The van der Waals surface area contributed by atoms with Gasteiger partial charge in [0.2, 0.25) is 27.8 Å². The van der Waals surface area contributed by atoms with E-state index >= 15 is 8.78 Å². The molecule has 38 heavy (non-hydrogen) atoms. The lowest BCUT2D eigenvalue weighted by molar-refractivity contribution is -0.155. The maximum atomic E-state index is 15.1. The predicted molar refractivity (Wildman–Crippen MR) is 154 cm³/mol. The molecule has 0 saturated carbocycles. The molecule has 16 heteroatoms. The van der Waals surface area contributed by atoms with E-state index < -0.39 is 39.9 Å². The first-order valence-electron chi connectivity index (χ1n) is 12.2. The zero-order valence-electron chi connectivity index (χ0n) is 22.1. The van der Waals surface area contributed by atoms with Gasteiger partial charge in [0.1, 0.15) is 31.4 Å². The number of amides is 4. The maximum absolute atomic E-state index is 15.1. The number of piperidine rings is 1. The van der Waals surface area contributed by atoms with E-state index in [0.29, 0.717) is 16.7 Å². The second-order valence-electron chi connectivity index (χ2n) is 10.8. The molecule has 7 nitrogen and oxygen atoms in total. The van der Waals surface area contributed by atoms with Crippen molar-refractivity contribution in [2.24, 2.45) is 0 Å². The van der Waals surface area contributed by atoms with Gasteiger partial charge in [-0.15, -0.1) is 0 Å². The second-order valence-corrected chi connectivity index (χ2v) is 11.3. The summed E-state index contributed by atoms with van der Waals surface area (Å²) in [6.45, 7) is 0.119. The van der Waals surface area contributed by atoms with Crippen molar-refractivity contribution < 1.29 is 28.0 Å². The van der Waals surface area contributed by atoms with Crippen LogP contribution in [0.15, 0.2) is 42.5 Å². The number of hydrogen-bond acceptors (Lipinski definition) is 4. The SMILES string of the molecule is BC1C[C@@](B)(N2Cc3cc(C(B)(B)N(B)C(=O)C(F)(F)c4ccc(Cl)cc4)ccc3C2=O)C(=O)N(B)C1=O. The van der Waals surface area contributed by atoms with E-state index in [2.05, 4.69) is 0 Å². The van der Waals surface area contributed by atoms with Crippen LogP contribution >= 0.6 is 11.6 Å². The smallest absolute Gasteiger partial charge is 0.348 e. The number of alkyl halides is 2. The lowest BCUT2D eigenvalue weighted by atomic mass is 9.55. The number of halogens is 3. The molecule has 2 aromatic carbocycles. The molecule has 0 N–H and O–H groups in total. The van der Waals surface area contributed by atoms with Crippen LogP contribution in [-0.2, 0) is 32.2 Å². The Labute approximate surface area is 230 Å². The summed E-state index contributed by atoms with van der Waals surface area (Å²) in [5, 5.41) is -0.881. The molecule has 2 aliphatic heterocycles. The van der Waals surface area contributed by atoms with E-state index in [1.54, 1.807) is 49.6 Å². The molecule has 4 rings (SSSR count). The molecule has 2 heterocycles. The highest BCUT2D eigenvalue weighted by Gasteiger charge is 2.52. The van der Waals surface area contributed by atoms with Crippen LogP contribution in [-0.4, -0.2) is 90.9 Å². The van der Waals surface area contributed by atoms with Crippen LogP contribution < -0.4 is 0 Å². The molecule has 0 bridgehead atoms. The van der Waals surface area contributed by atoms with Crippen molar-refractivity contribution in [2.75, 3.05) is 0 Å². The van der Waals surface area contributed by atoms with Crippen molar-refractivity contribution in [3.05, 3.63) is 69.7 Å². The van der Waals surface area contributed by atoms with Crippen LogP contribution in [0.25, 0.3) is 0 Å². The standard InChI is InChI=1S/C22H24B6ClF2N3O4/c23-15-8-20(24,18(37)33(27)17(15)36)32-9-10-7-12(3-6-14(10)16(32)35)22(25,26)34(28)19(38)21(30,31)11-1-4-13(29)5-2-11/h1-7,15H,8-9,23-28H2/t15?,20-/m1/s1. The van der Waals surface area contributed by atoms with Crippen LogP contribution in [0.5, 0.6) is 0 Å². The summed E-state index contributed by atoms with van der Waals surface area (Å²) in [6.07, 6.45) is 0.199. The van der Waals surface area contributed by atoms with E-state index in [1.165, 1.54) is 33.0 Å². The number of rotatable bonds is 5. The molecule has 0 spiro atoms. The van der Waals surface area contributed by atoms with Crippen molar-refractivity contribution >= 4 is 82.6 Å². The number of benzene rings is 2. The monoisotopic (exact) mass is 533 g/mol. The van der Waals surface area contributed by atoms with Gasteiger partial charge in [-0.3, -0.25) is 19.2 Å². The Balaban J connectivity index is 1.62. The summed E-state index contributed by atoms with van der Waals surface area (Å²) < 4.78 is 30.3. The van der Waals surface area contributed by atoms with Crippen molar-refractivity contribution in [3.63, 3.8) is 0 Å². The first-order chi connectivity index (χ1) is 17.5. The highest BCUT2D eigenvalue weighted by molar-refractivity contribution is 6.44. The van der Waals surface area contributed by atoms with Gasteiger partial charge in [0.05, 0.1) is 5.44 Å². The summed E-state index contributed by atoms with van der Waals surface area (Å²) in [7, 11) is 9.41. The third-order valence-corrected chi connectivity index (χ3v) is 8.30. The Morgan fingerprint density at radius 1 is 1.08 bits per heavy atom. The Bertz CT molecular complexity index is 1370. The van der Waals surface area contributed by atoms with Gasteiger partial charge in [0, 0.05) is 28.5 Å². The lowest BCUT2D eigenvalue weighted by Crippen LogP contribution is -2.65. The minimum absolute atomic E-state index is 0.119. The summed E-state index contributed by atoms with van der Waals surface area (Å²) in [5.74, 6) is -6.67. The average Bonchev–Trinajstić information content (AvgIpc) is 3.22. The Morgan fingerprint density at radius 2 is 1.66 bits per heavy atom. The summed E-state index contributed by atoms with van der Waals surface area (Å²) >= 11 is 5.81. The average molecular weight is 533 g/mol. The molecule has 0 aromatic heterocycles. The number of hydrogen-bond donors (Lipinski definition) is 0. The minimum Gasteiger partial charge on any atom is -0.393 e. The fourth-order valence-corrected chi connectivity index (χ4v) is 5.46. The fourth-order valence-electron chi connectivity index (χ4n) is 5.33. The van der Waals surface area contributed by atoms with Crippen molar-refractivity contribution in [1.82, 2.24) is 14.5 Å². The first-order valence-corrected chi connectivity index (χ1v) is 12.6. The normalized spacial score (nSPS) is 22.0. The quantitative estimate of drug-likeness (QED) is 0.302. The van der Waals surface area contributed by atoms with Gasteiger partial charge in [-0.25, -0.2) is 0 Å². The van der Waals surface area contributed by atoms with Crippen LogP contribution in [0, 0.1) is 0 Å². The second kappa shape index (κ2) is 9.36. The van der Waals surface area contributed by atoms with Crippen LogP contribution in [0.1, 0.15) is 33.5 Å². The van der Waals surface area contributed by atoms with Gasteiger partial charge >= 0.3 is 5.92 Å². The number of imide groups is 1. The van der Waals surface area contributed by atoms with E-state index in [0.717, 1.165) is 21.8 Å². The van der Waals surface area contributed by atoms with E-state index in [-0.39, 0.29) is 29.8 Å². The number of carbonyl (C=O) groups excluding carboxylic acids is 4. The molecule has 1 saturated heterocycles. The van der Waals surface area contributed by atoms with Gasteiger partial charge < -0.3 is 14.5 Å². The van der Waals surface area contributed by atoms with E-state index in [9.17, 15) is 19.2 Å². The Hall–Kier alpha value is -2.94. The number of nitrogens with zero attached hydrogens (tertiary/aromatic N) is 3. The zero-order chi connectivity index (χ0) is 28.4. The molecule has 0 aliphatic carbocycles. The molecular weight excluding hydrogens is 509 g/mol. The Kier molecular flexibility index (Phi) is 6.92. The van der Waals surface area contributed by atoms with Crippen molar-refractivity contribution in [3.8, 4) is 0 Å². The van der Waals surface area contributed by atoms with Crippen molar-refractivity contribution in [2.45, 2.75) is 35.5 Å². The summed E-state index contributed by atoms with van der Waals surface area (Å²) in [4.78, 5) is 55.3. The maximum Gasteiger partial charge on any atom is 0.348 e. The van der Waals surface area contributed by atoms with Gasteiger partial charge in [-0.05, 0) is 41.1 Å². The third-order valence-electron chi connectivity index (χ3n) is 8.05. The zero-order valence-corrected chi connectivity index (χ0v) is 22.9. The number of carbonyl (C=O) groups is 4. The molecule has 4 amide bonds. The molecular formula is C22H24B6ClF2N3O4. The topological polar surface area (TPSA) is 78.0 Å². The third kappa shape index (κ3) is 4.28. The molecule has 2 aromatic rings. The molecule has 0 radical (unpaired) electrons. The highest BCUT2D eigenvalue weighted by Crippen LogP contribution is 2.39. The lowest BCUT2D eigenvalue weighted by Gasteiger charge is -2.45. The molecule has 2 aliphatic rings. The summed E-state index contributed by atoms with van der Waals surface area (Å²) in [6, 6.07) is 9.79. The summed E-state index contributed by atoms with van der Waals surface area (Å²) in [5.41, 5.74) is -0.109. The largest absolute Gasteiger partial charge is 0.393 e. The Morgan fingerprint density at radius 3 is 2.26 bits per heavy atom. The van der Waals surface area contributed by atoms with Crippen LogP contribution in [0.2, 0.25) is 10.8 Å². The van der Waals surface area contributed by atoms with Gasteiger partial charge in [-0.2, -0.15) is 8.78 Å². The highest BCUT2D eigenvalue weighted by atomic mass is 35.5. The van der Waals surface area contributed by atoms with E-state index in [4.69, 9.17) is 11.6 Å².